The molecule has 1 spiro atoms. The Morgan fingerprint density at radius 3 is 2.77 bits per heavy atom. The second kappa shape index (κ2) is 5.35. The van der Waals surface area contributed by atoms with Gasteiger partial charge in [-0.05, 0) is 37.8 Å². The monoisotopic (exact) mass is 303 g/mol. The summed E-state index contributed by atoms with van der Waals surface area (Å²) in [6.07, 6.45) is 7.34. The van der Waals surface area contributed by atoms with Crippen LogP contribution in [0, 0.1) is 11.3 Å². The summed E-state index contributed by atoms with van der Waals surface area (Å²) >= 11 is 0. The fraction of sp³-hybridized carbons (Fsp3) is 0.750. The fourth-order valence-electron chi connectivity index (χ4n) is 3.97. The number of aryl methyl sites for hydroxylation is 1. The molecule has 1 atom stereocenters. The van der Waals surface area contributed by atoms with Gasteiger partial charge in [-0.15, -0.1) is 0 Å². The number of nitrogens with zero attached hydrogens (tertiary/aromatic N) is 3. The number of carbonyl (C=O) groups is 1. The molecule has 1 unspecified atom stereocenters. The number of hydrogen-bond acceptors (Lipinski definition) is 4. The summed E-state index contributed by atoms with van der Waals surface area (Å²) in [5, 5.41) is 6.66. The minimum atomic E-state index is 0.166. The summed E-state index contributed by atoms with van der Waals surface area (Å²) in [6.45, 7) is 4.49. The van der Waals surface area contributed by atoms with Gasteiger partial charge in [-0.25, -0.2) is 4.98 Å². The largest absolute Gasteiger partial charge is 0.337 e. The molecular weight excluding hydrogens is 278 g/mol. The van der Waals surface area contributed by atoms with Gasteiger partial charge in [0.25, 0.3) is 0 Å². The van der Waals surface area contributed by atoms with E-state index in [1.54, 1.807) is 0 Å². The Morgan fingerprint density at radius 1 is 1.41 bits per heavy atom. The van der Waals surface area contributed by atoms with Gasteiger partial charge >= 0.3 is 0 Å². The Kier molecular flexibility index (Phi) is 3.46. The highest BCUT2D eigenvalue weighted by Gasteiger charge is 2.58. The summed E-state index contributed by atoms with van der Waals surface area (Å²) in [5.74, 6) is 1.47. The third-order valence-corrected chi connectivity index (χ3v) is 5.77. The average molecular weight is 303 g/mol. The van der Waals surface area contributed by atoms with Gasteiger partial charge in [-0.2, -0.15) is 0 Å². The van der Waals surface area contributed by atoms with Crippen LogP contribution in [0.3, 0.4) is 0 Å². The Morgan fingerprint density at radius 2 is 2.18 bits per heavy atom. The molecule has 1 amide bonds. The molecule has 1 saturated carbocycles. The molecule has 2 saturated heterocycles. The summed E-state index contributed by atoms with van der Waals surface area (Å²) in [4.78, 5) is 19.5. The minimum Gasteiger partial charge on any atom is -0.337 e. The van der Waals surface area contributed by atoms with Crippen LogP contribution in [0.4, 0.5) is 0 Å². The van der Waals surface area contributed by atoms with Crippen LogP contribution in [0.25, 0.3) is 0 Å². The smallest absolute Gasteiger partial charge is 0.228 e. The Balaban J connectivity index is 1.53. The van der Waals surface area contributed by atoms with E-state index >= 15 is 0 Å². The number of aromatic nitrogens is 2. The maximum absolute atomic E-state index is 12.9. The van der Waals surface area contributed by atoms with E-state index in [1.807, 2.05) is 24.0 Å². The van der Waals surface area contributed by atoms with Crippen molar-refractivity contribution in [2.75, 3.05) is 26.2 Å². The molecule has 120 valence electrons. The Bertz CT molecular complexity index is 559. The molecule has 0 aromatic carbocycles. The first-order chi connectivity index (χ1) is 10.7. The molecule has 22 heavy (non-hydrogen) atoms. The maximum atomic E-state index is 12.9. The van der Waals surface area contributed by atoms with E-state index in [0.29, 0.717) is 23.9 Å². The van der Waals surface area contributed by atoms with Crippen LogP contribution in [-0.4, -0.2) is 52.6 Å². The van der Waals surface area contributed by atoms with E-state index in [9.17, 15) is 4.79 Å². The van der Waals surface area contributed by atoms with E-state index in [4.69, 9.17) is 0 Å². The standard InChI is InChI=1S/C16H25N5O/c1-20-7-6-19-14(20)11-21(15(22)12-9-18-10-12)13-8-16(13)2-4-17-5-3-16/h6-7,12-13,17-18H,2-5,8-11H2,1H3. The van der Waals surface area contributed by atoms with Gasteiger partial charge in [0.1, 0.15) is 5.82 Å². The van der Waals surface area contributed by atoms with Gasteiger partial charge in [-0.1, -0.05) is 0 Å². The van der Waals surface area contributed by atoms with Crippen LogP contribution < -0.4 is 10.6 Å². The number of amides is 1. The SMILES string of the molecule is Cn1ccnc1CN(C(=O)C1CNC1)C1CC12CCNCC2. The van der Waals surface area contributed by atoms with E-state index in [2.05, 4.69) is 20.5 Å². The molecule has 6 nitrogen and oxygen atoms in total. The van der Waals surface area contributed by atoms with E-state index in [0.717, 1.165) is 32.0 Å². The van der Waals surface area contributed by atoms with Crippen molar-refractivity contribution < 1.29 is 4.79 Å². The Labute approximate surface area is 131 Å². The summed E-state index contributed by atoms with van der Waals surface area (Å²) in [6, 6.07) is 0.416. The minimum absolute atomic E-state index is 0.166. The van der Waals surface area contributed by atoms with E-state index in [1.165, 1.54) is 19.3 Å². The average Bonchev–Trinajstić information content (AvgIpc) is 2.96. The van der Waals surface area contributed by atoms with Gasteiger partial charge in [0.05, 0.1) is 12.5 Å². The molecule has 1 aromatic heterocycles. The van der Waals surface area contributed by atoms with Crippen LogP contribution in [0.1, 0.15) is 25.1 Å². The lowest BCUT2D eigenvalue weighted by molar-refractivity contribution is -0.139. The van der Waals surface area contributed by atoms with Crippen molar-refractivity contribution in [3.8, 4) is 0 Å². The summed E-state index contributed by atoms with van der Waals surface area (Å²) < 4.78 is 2.02. The molecule has 0 radical (unpaired) electrons. The highest BCUT2D eigenvalue weighted by atomic mass is 16.2. The third kappa shape index (κ3) is 2.34. The fourth-order valence-corrected chi connectivity index (χ4v) is 3.97. The quantitative estimate of drug-likeness (QED) is 0.829. The molecular formula is C16H25N5O. The van der Waals surface area contributed by atoms with Crippen LogP contribution in [0.5, 0.6) is 0 Å². The lowest BCUT2D eigenvalue weighted by Gasteiger charge is -2.35. The van der Waals surface area contributed by atoms with Crippen molar-refractivity contribution in [3.05, 3.63) is 18.2 Å². The maximum Gasteiger partial charge on any atom is 0.228 e. The zero-order valence-corrected chi connectivity index (χ0v) is 13.2. The van der Waals surface area contributed by atoms with Crippen molar-refractivity contribution in [2.24, 2.45) is 18.4 Å². The first-order valence-corrected chi connectivity index (χ1v) is 8.38. The predicted octanol–water partition coefficient (Wildman–Crippen LogP) is 0.110. The second-order valence-corrected chi connectivity index (χ2v) is 7.11. The van der Waals surface area contributed by atoms with Crippen molar-refractivity contribution in [2.45, 2.75) is 31.8 Å². The molecule has 2 aliphatic heterocycles. The third-order valence-electron chi connectivity index (χ3n) is 5.77. The first-order valence-electron chi connectivity index (χ1n) is 8.38. The normalized spacial score (nSPS) is 26.7. The molecule has 1 aromatic rings. The zero-order chi connectivity index (χ0) is 15.2. The van der Waals surface area contributed by atoms with Gasteiger partial charge in [0, 0.05) is 38.6 Å². The first kappa shape index (κ1) is 14.2. The molecule has 0 bridgehead atoms. The molecule has 6 heteroatoms. The molecule has 2 N–H and O–H groups in total. The number of hydrogen-bond donors (Lipinski definition) is 2. The van der Waals surface area contributed by atoms with Crippen LogP contribution in [-0.2, 0) is 18.4 Å². The van der Waals surface area contributed by atoms with E-state index < -0.39 is 0 Å². The number of carbonyl (C=O) groups excluding carboxylic acids is 1. The van der Waals surface area contributed by atoms with Crippen LogP contribution >= 0.6 is 0 Å². The van der Waals surface area contributed by atoms with Gasteiger partial charge in [0.15, 0.2) is 0 Å². The number of piperidine rings is 1. The van der Waals surface area contributed by atoms with Crippen LogP contribution in [0.2, 0.25) is 0 Å². The summed E-state index contributed by atoms with van der Waals surface area (Å²) in [5.41, 5.74) is 0.378. The molecule has 3 aliphatic rings. The lowest BCUT2D eigenvalue weighted by atomic mass is 9.93. The van der Waals surface area contributed by atoms with Crippen molar-refractivity contribution in [1.29, 1.82) is 0 Å². The van der Waals surface area contributed by atoms with Crippen molar-refractivity contribution >= 4 is 5.91 Å². The number of rotatable bonds is 4. The second-order valence-electron chi connectivity index (χ2n) is 7.11. The molecule has 3 heterocycles. The van der Waals surface area contributed by atoms with Crippen LogP contribution in [0.15, 0.2) is 12.4 Å². The zero-order valence-electron chi connectivity index (χ0n) is 13.2. The lowest BCUT2D eigenvalue weighted by Crippen LogP contribution is -2.53. The summed E-state index contributed by atoms with van der Waals surface area (Å²) in [7, 11) is 2.00. The molecule has 4 rings (SSSR count). The topological polar surface area (TPSA) is 62.2 Å². The number of imidazole rings is 1. The Hall–Kier alpha value is -1.40. The van der Waals surface area contributed by atoms with Gasteiger partial charge in [-0.3, -0.25) is 4.79 Å². The van der Waals surface area contributed by atoms with Crippen molar-refractivity contribution in [3.63, 3.8) is 0 Å². The predicted molar refractivity (Wildman–Crippen MR) is 83.1 cm³/mol. The molecule has 3 fully saturated rings. The van der Waals surface area contributed by atoms with Gasteiger partial charge < -0.3 is 20.1 Å². The highest BCUT2D eigenvalue weighted by molar-refractivity contribution is 5.81. The highest BCUT2D eigenvalue weighted by Crippen LogP contribution is 2.56. The van der Waals surface area contributed by atoms with Gasteiger partial charge in [0.2, 0.25) is 5.91 Å². The molecule has 1 aliphatic carbocycles. The van der Waals surface area contributed by atoms with E-state index in [-0.39, 0.29) is 5.92 Å². The van der Waals surface area contributed by atoms with Crippen molar-refractivity contribution in [1.82, 2.24) is 25.1 Å². The number of nitrogens with one attached hydrogen (secondary N) is 2.